The van der Waals surface area contributed by atoms with Crippen LogP contribution < -0.4 is 15.6 Å². The van der Waals surface area contributed by atoms with E-state index in [1.807, 2.05) is 29.6 Å². The highest BCUT2D eigenvalue weighted by atomic mass is 32.1. The van der Waals surface area contributed by atoms with E-state index in [4.69, 9.17) is 4.74 Å². The smallest absolute Gasteiger partial charge is 0.271 e. The van der Waals surface area contributed by atoms with Gasteiger partial charge in [0.05, 0.1) is 12.8 Å². The molecule has 1 N–H and O–H groups in total. The van der Waals surface area contributed by atoms with Crippen molar-refractivity contribution in [1.82, 2.24) is 14.4 Å². The number of hydrogen-bond acceptors (Lipinski definition) is 7. The third-order valence-corrected chi connectivity index (χ3v) is 5.26. The molecule has 1 amide bonds. The average molecular weight is 384 g/mol. The molecule has 0 spiro atoms. The van der Waals surface area contributed by atoms with Gasteiger partial charge in [-0.15, -0.1) is 22.7 Å². The van der Waals surface area contributed by atoms with Gasteiger partial charge in [-0.2, -0.15) is 0 Å². The Balaban J connectivity index is 1.79. The number of rotatable bonds is 4. The molecule has 3 aromatic heterocycles. The molecule has 130 valence electrons. The lowest BCUT2D eigenvalue weighted by Gasteiger charge is -2.05. The number of amides is 1. The minimum atomic E-state index is -0.529. The minimum absolute atomic E-state index is 0.0362. The van der Waals surface area contributed by atoms with Gasteiger partial charge in [-0.3, -0.25) is 19.3 Å². The van der Waals surface area contributed by atoms with Gasteiger partial charge in [0.25, 0.3) is 11.5 Å². The molecule has 0 atom stereocenters. The van der Waals surface area contributed by atoms with E-state index in [2.05, 4.69) is 15.3 Å². The van der Waals surface area contributed by atoms with E-state index in [1.54, 1.807) is 18.7 Å². The molecule has 4 rings (SSSR count). The number of carbonyl (C=O) groups is 1. The van der Waals surface area contributed by atoms with E-state index < -0.39 is 11.5 Å². The van der Waals surface area contributed by atoms with Crippen LogP contribution in [-0.4, -0.2) is 27.4 Å². The fraction of sp³-hybridized carbons (Fsp3) is 0.0588. The number of ether oxygens (including phenoxy) is 1. The van der Waals surface area contributed by atoms with Crippen molar-refractivity contribution in [2.45, 2.75) is 0 Å². The first-order chi connectivity index (χ1) is 12.7. The van der Waals surface area contributed by atoms with E-state index in [0.717, 1.165) is 11.3 Å². The number of aromatic nitrogens is 3. The number of benzene rings is 1. The maximum atomic E-state index is 12.9. The summed E-state index contributed by atoms with van der Waals surface area (Å²) >= 11 is 2.62. The Labute approximate surface area is 155 Å². The van der Waals surface area contributed by atoms with Crippen molar-refractivity contribution in [2.24, 2.45) is 0 Å². The van der Waals surface area contributed by atoms with Gasteiger partial charge >= 0.3 is 0 Å². The lowest BCUT2D eigenvalue weighted by atomic mass is 10.1. The van der Waals surface area contributed by atoms with Gasteiger partial charge < -0.3 is 4.74 Å². The van der Waals surface area contributed by atoms with Crippen molar-refractivity contribution in [1.29, 1.82) is 0 Å². The predicted octanol–water partition coefficient (Wildman–Crippen LogP) is 3.14. The van der Waals surface area contributed by atoms with Crippen LogP contribution in [0, 0.1) is 0 Å². The largest absolute Gasteiger partial charge is 0.497 e. The molecule has 9 heteroatoms. The first kappa shape index (κ1) is 16.4. The third-order valence-electron chi connectivity index (χ3n) is 3.73. The van der Waals surface area contributed by atoms with Crippen molar-refractivity contribution < 1.29 is 9.53 Å². The molecule has 3 heterocycles. The summed E-state index contributed by atoms with van der Waals surface area (Å²) in [6.07, 6.45) is 2.88. The van der Waals surface area contributed by atoms with Crippen molar-refractivity contribution >= 4 is 38.7 Å². The van der Waals surface area contributed by atoms with Crippen LogP contribution >= 0.6 is 22.7 Å². The van der Waals surface area contributed by atoms with Crippen molar-refractivity contribution in [3.05, 3.63) is 63.3 Å². The van der Waals surface area contributed by atoms with Gasteiger partial charge in [0.15, 0.2) is 10.1 Å². The van der Waals surface area contributed by atoms with E-state index in [9.17, 15) is 9.59 Å². The number of thiazole rings is 2. The zero-order valence-electron chi connectivity index (χ0n) is 13.5. The highest BCUT2D eigenvalue weighted by Crippen LogP contribution is 2.26. The summed E-state index contributed by atoms with van der Waals surface area (Å²) in [5, 5.41) is 6.62. The average Bonchev–Trinajstić information content (AvgIpc) is 3.32. The van der Waals surface area contributed by atoms with Crippen molar-refractivity contribution in [3.63, 3.8) is 0 Å². The Bertz CT molecular complexity index is 1130. The quantitative estimate of drug-likeness (QED) is 0.584. The summed E-state index contributed by atoms with van der Waals surface area (Å²) in [6.45, 7) is 0. The first-order valence-electron chi connectivity index (χ1n) is 7.52. The van der Waals surface area contributed by atoms with Gasteiger partial charge in [-0.25, -0.2) is 9.97 Å². The Morgan fingerprint density at radius 1 is 1.19 bits per heavy atom. The number of nitrogens with zero attached hydrogens (tertiary/aromatic N) is 3. The molecule has 1 aromatic carbocycles. The van der Waals surface area contributed by atoms with Crippen LogP contribution in [0.3, 0.4) is 0 Å². The predicted molar refractivity (Wildman–Crippen MR) is 101 cm³/mol. The van der Waals surface area contributed by atoms with Crippen LogP contribution in [0.25, 0.3) is 16.2 Å². The summed E-state index contributed by atoms with van der Waals surface area (Å²) in [7, 11) is 1.59. The molecule has 0 aliphatic rings. The lowest BCUT2D eigenvalue weighted by molar-refractivity contribution is 0.102. The Kier molecular flexibility index (Phi) is 4.23. The Morgan fingerprint density at radius 3 is 2.69 bits per heavy atom. The van der Waals surface area contributed by atoms with Crippen LogP contribution in [-0.2, 0) is 0 Å². The van der Waals surface area contributed by atoms with Gasteiger partial charge in [-0.1, -0.05) is 0 Å². The van der Waals surface area contributed by atoms with Gasteiger partial charge in [0.1, 0.15) is 11.3 Å². The molecule has 26 heavy (non-hydrogen) atoms. The second-order valence-electron chi connectivity index (χ2n) is 5.24. The number of anilines is 1. The molecule has 0 fully saturated rings. The summed E-state index contributed by atoms with van der Waals surface area (Å²) in [5.74, 6) is 0.195. The molecule has 0 radical (unpaired) electrons. The van der Waals surface area contributed by atoms with E-state index in [1.165, 1.54) is 33.3 Å². The van der Waals surface area contributed by atoms with Crippen LogP contribution in [0.4, 0.5) is 5.13 Å². The van der Waals surface area contributed by atoms with E-state index in [-0.39, 0.29) is 5.56 Å². The van der Waals surface area contributed by atoms with E-state index in [0.29, 0.717) is 15.8 Å². The molecule has 4 aromatic rings. The third kappa shape index (κ3) is 2.87. The summed E-state index contributed by atoms with van der Waals surface area (Å²) in [6, 6.07) is 7.34. The van der Waals surface area contributed by atoms with Crippen LogP contribution in [0.2, 0.25) is 0 Å². The second kappa shape index (κ2) is 6.70. The summed E-state index contributed by atoms with van der Waals surface area (Å²) in [4.78, 5) is 34.1. The molecule has 0 unspecified atom stereocenters. The van der Waals surface area contributed by atoms with Crippen LogP contribution in [0.5, 0.6) is 5.75 Å². The lowest BCUT2D eigenvalue weighted by Crippen LogP contribution is -2.26. The van der Waals surface area contributed by atoms with Crippen LogP contribution in [0.1, 0.15) is 10.4 Å². The van der Waals surface area contributed by atoms with E-state index >= 15 is 0 Å². The summed E-state index contributed by atoms with van der Waals surface area (Å²) < 4.78 is 6.61. The molecule has 7 nitrogen and oxygen atoms in total. The topological polar surface area (TPSA) is 85.6 Å². The van der Waals surface area contributed by atoms with Crippen LogP contribution in [0.15, 0.2) is 52.2 Å². The van der Waals surface area contributed by atoms with Gasteiger partial charge in [0, 0.05) is 23.2 Å². The fourth-order valence-electron chi connectivity index (χ4n) is 2.46. The number of hydrogen-bond donors (Lipinski definition) is 1. The Hall–Kier alpha value is -3.04. The Morgan fingerprint density at radius 2 is 2.00 bits per heavy atom. The van der Waals surface area contributed by atoms with Gasteiger partial charge in [-0.05, 0) is 29.8 Å². The number of nitrogens with one attached hydrogen (secondary N) is 1. The molecule has 0 bridgehead atoms. The molecule has 0 saturated heterocycles. The van der Waals surface area contributed by atoms with Crippen molar-refractivity contribution in [3.8, 4) is 17.0 Å². The number of carbonyl (C=O) groups excluding carboxylic acids is 1. The normalized spacial score (nSPS) is 10.8. The standard InChI is InChI=1S/C17H12N4O3S2/c1-24-11-4-2-10(3-5-11)13-9-26-17-19-8-12(15(23)21(13)17)14(22)20-16-18-6-7-25-16/h2-9H,1H3,(H,18,20,22). The molecular formula is C17H12N4O3S2. The maximum Gasteiger partial charge on any atom is 0.271 e. The molecule has 0 aliphatic heterocycles. The summed E-state index contributed by atoms with van der Waals surface area (Å²) in [5.41, 5.74) is 1.05. The molecule has 0 saturated carbocycles. The first-order valence-corrected chi connectivity index (χ1v) is 9.28. The highest BCUT2D eigenvalue weighted by molar-refractivity contribution is 7.15. The zero-order chi connectivity index (χ0) is 18.1. The number of methoxy groups -OCH3 is 1. The van der Waals surface area contributed by atoms with Gasteiger partial charge in [0.2, 0.25) is 0 Å². The monoisotopic (exact) mass is 384 g/mol. The minimum Gasteiger partial charge on any atom is -0.497 e. The molecular weight excluding hydrogens is 372 g/mol. The highest BCUT2D eigenvalue weighted by Gasteiger charge is 2.17. The zero-order valence-corrected chi connectivity index (χ0v) is 15.1. The second-order valence-corrected chi connectivity index (χ2v) is 6.97. The van der Waals surface area contributed by atoms with Crippen molar-refractivity contribution in [2.75, 3.05) is 12.4 Å². The fourth-order valence-corrected chi connectivity index (χ4v) is 3.84. The maximum absolute atomic E-state index is 12.9. The number of fused-ring (bicyclic) bond motifs is 1. The SMILES string of the molecule is COc1ccc(-c2csc3ncc(C(=O)Nc4nccs4)c(=O)n23)cc1. The molecule has 0 aliphatic carbocycles.